The molecule has 6 nitrogen and oxygen atoms in total. The number of hydrogen-bond donors (Lipinski definition) is 1. The van der Waals surface area contributed by atoms with Gasteiger partial charge in [0.1, 0.15) is 24.0 Å². The van der Waals surface area contributed by atoms with Crippen LogP contribution in [0, 0.1) is 12.3 Å². The molecule has 1 aromatic rings. The van der Waals surface area contributed by atoms with Crippen molar-refractivity contribution < 1.29 is 23.8 Å². The number of alkyl carbamates (subject to hydrolysis) is 1. The molecule has 0 spiro atoms. The predicted octanol–water partition coefficient (Wildman–Crippen LogP) is 2.66. The summed E-state index contributed by atoms with van der Waals surface area (Å²) in [6.45, 7) is 5.25. The van der Waals surface area contributed by atoms with Gasteiger partial charge in [-0.2, -0.15) is 0 Å². The van der Waals surface area contributed by atoms with Gasteiger partial charge in [-0.05, 0) is 38.5 Å². The quantitative estimate of drug-likeness (QED) is 0.640. The molecular formula is C18H23NO5. The van der Waals surface area contributed by atoms with Gasteiger partial charge in [0.2, 0.25) is 0 Å². The Morgan fingerprint density at radius 2 is 1.88 bits per heavy atom. The molecule has 0 aliphatic rings. The predicted molar refractivity (Wildman–Crippen MR) is 89.4 cm³/mol. The molecule has 1 amide bonds. The molecule has 1 N–H and O–H groups in total. The summed E-state index contributed by atoms with van der Waals surface area (Å²) in [5.41, 5.74) is 0.124. The van der Waals surface area contributed by atoms with Crippen LogP contribution in [-0.2, 0) is 20.9 Å². The second-order valence-corrected chi connectivity index (χ2v) is 6.06. The van der Waals surface area contributed by atoms with Crippen LogP contribution in [0.3, 0.4) is 0 Å². The SMILES string of the molecule is C#CCC(NC(=O)OC(C)(C)C)C(=O)OCc1ccc(OC)cc1. The third kappa shape index (κ3) is 7.05. The molecule has 0 aliphatic carbocycles. The zero-order valence-electron chi connectivity index (χ0n) is 14.4. The number of rotatable bonds is 6. The zero-order chi connectivity index (χ0) is 18.2. The van der Waals surface area contributed by atoms with E-state index in [1.165, 1.54) is 0 Å². The van der Waals surface area contributed by atoms with Gasteiger partial charge < -0.3 is 19.5 Å². The normalized spacial score (nSPS) is 11.8. The van der Waals surface area contributed by atoms with Gasteiger partial charge in [0.05, 0.1) is 7.11 Å². The highest BCUT2D eigenvalue weighted by Crippen LogP contribution is 2.12. The monoisotopic (exact) mass is 333 g/mol. The molecule has 0 saturated carbocycles. The third-order valence-corrected chi connectivity index (χ3v) is 2.84. The van der Waals surface area contributed by atoms with Crippen LogP contribution < -0.4 is 10.1 Å². The van der Waals surface area contributed by atoms with Crippen molar-refractivity contribution in [2.45, 2.75) is 45.4 Å². The number of carbonyl (C=O) groups excluding carboxylic acids is 2. The molecule has 1 rings (SSSR count). The van der Waals surface area contributed by atoms with Crippen molar-refractivity contribution in [2.24, 2.45) is 0 Å². The minimum Gasteiger partial charge on any atom is -0.497 e. The number of amides is 1. The van der Waals surface area contributed by atoms with Crippen LogP contribution in [0.25, 0.3) is 0 Å². The van der Waals surface area contributed by atoms with Crippen LogP contribution in [0.2, 0.25) is 0 Å². The van der Waals surface area contributed by atoms with E-state index in [1.807, 2.05) is 0 Å². The van der Waals surface area contributed by atoms with Gasteiger partial charge in [-0.1, -0.05) is 12.1 Å². The molecule has 6 heteroatoms. The van der Waals surface area contributed by atoms with E-state index < -0.39 is 23.7 Å². The summed E-state index contributed by atoms with van der Waals surface area (Å²) in [5.74, 6) is 2.44. The summed E-state index contributed by atoms with van der Waals surface area (Å²) >= 11 is 0. The number of methoxy groups -OCH3 is 1. The lowest BCUT2D eigenvalue weighted by molar-refractivity contribution is -0.147. The molecule has 24 heavy (non-hydrogen) atoms. The van der Waals surface area contributed by atoms with Crippen molar-refractivity contribution in [3.8, 4) is 18.1 Å². The van der Waals surface area contributed by atoms with E-state index >= 15 is 0 Å². The Balaban J connectivity index is 2.59. The minimum absolute atomic E-state index is 0.0146. The summed E-state index contributed by atoms with van der Waals surface area (Å²) in [6.07, 6.45) is 4.54. The maximum absolute atomic E-state index is 12.1. The Morgan fingerprint density at radius 1 is 1.25 bits per heavy atom. The van der Waals surface area contributed by atoms with Gasteiger partial charge in [-0.3, -0.25) is 0 Å². The molecule has 0 aliphatic heterocycles. The number of carbonyl (C=O) groups is 2. The Kier molecular flexibility index (Phi) is 7.12. The van der Waals surface area contributed by atoms with E-state index in [1.54, 1.807) is 52.1 Å². The van der Waals surface area contributed by atoms with Crippen LogP contribution in [0.15, 0.2) is 24.3 Å². The largest absolute Gasteiger partial charge is 0.497 e. The first kappa shape index (κ1) is 19.4. The Labute approximate surface area is 142 Å². The lowest BCUT2D eigenvalue weighted by Gasteiger charge is -2.22. The fourth-order valence-corrected chi connectivity index (χ4v) is 1.74. The van der Waals surface area contributed by atoms with Crippen LogP contribution in [0.5, 0.6) is 5.75 Å². The van der Waals surface area contributed by atoms with Crippen LogP contribution >= 0.6 is 0 Å². The Morgan fingerprint density at radius 3 is 2.38 bits per heavy atom. The lowest BCUT2D eigenvalue weighted by Crippen LogP contribution is -2.44. The van der Waals surface area contributed by atoms with Crippen molar-refractivity contribution >= 4 is 12.1 Å². The molecule has 0 bridgehead atoms. The fraction of sp³-hybridized carbons (Fsp3) is 0.444. The second kappa shape index (κ2) is 8.82. The molecule has 0 heterocycles. The summed E-state index contributed by atoms with van der Waals surface area (Å²) in [4.78, 5) is 23.9. The summed E-state index contributed by atoms with van der Waals surface area (Å²) < 4.78 is 15.4. The van der Waals surface area contributed by atoms with Crippen molar-refractivity contribution in [1.29, 1.82) is 0 Å². The number of nitrogens with one attached hydrogen (secondary N) is 1. The average molecular weight is 333 g/mol. The smallest absolute Gasteiger partial charge is 0.408 e. The summed E-state index contributed by atoms with van der Waals surface area (Å²) in [5, 5.41) is 2.43. The molecule has 0 fully saturated rings. The van der Waals surface area contributed by atoms with Crippen molar-refractivity contribution in [1.82, 2.24) is 5.32 Å². The second-order valence-electron chi connectivity index (χ2n) is 6.06. The maximum atomic E-state index is 12.1. The summed E-state index contributed by atoms with van der Waals surface area (Å²) in [6, 6.07) is 6.14. The van der Waals surface area contributed by atoms with Gasteiger partial charge >= 0.3 is 12.1 Å². The topological polar surface area (TPSA) is 73.9 Å². The zero-order valence-corrected chi connectivity index (χ0v) is 14.4. The fourth-order valence-electron chi connectivity index (χ4n) is 1.74. The molecule has 0 radical (unpaired) electrons. The maximum Gasteiger partial charge on any atom is 0.408 e. The van der Waals surface area contributed by atoms with E-state index in [4.69, 9.17) is 20.6 Å². The molecule has 0 saturated heterocycles. The van der Waals surface area contributed by atoms with Crippen molar-refractivity contribution in [3.63, 3.8) is 0 Å². The number of benzene rings is 1. The van der Waals surface area contributed by atoms with Gasteiger partial charge in [-0.25, -0.2) is 9.59 Å². The van der Waals surface area contributed by atoms with Crippen LogP contribution in [0.4, 0.5) is 4.79 Å². The first-order valence-electron chi connectivity index (χ1n) is 7.47. The number of esters is 1. The molecule has 1 aromatic carbocycles. The first-order chi connectivity index (χ1) is 11.2. The highest BCUT2D eigenvalue weighted by molar-refractivity contribution is 5.81. The van der Waals surface area contributed by atoms with E-state index in [2.05, 4.69) is 11.2 Å². The third-order valence-electron chi connectivity index (χ3n) is 2.84. The summed E-state index contributed by atoms with van der Waals surface area (Å²) in [7, 11) is 1.57. The highest BCUT2D eigenvalue weighted by atomic mass is 16.6. The minimum atomic E-state index is -0.955. The lowest BCUT2D eigenvalue weighted by atomic mass is 10.2. The first-order valence-corrected chi connectivity index (χ1v) is 7.47. The van der Waals surface area contributed by atoms with Gasteiger partial charge in [0.15, 0.2) is 0 Å². The van der Waals surface area contributed by atoms with E-state index in [-0.39, 0.29) is 13.0 Å². The average Bonchev–Trinajstić information content (AvgIpc) is 2.51. The molecule has 1 atom stereocenters. The van der Waals surface area contributed by atoms with Crippen LogP contribution in [-0.4, -0.2) is 30.8 Å². The number of hydrogen-bond acceptors (Lipinski definition) is 5. The number of terminal acetylenes is 1. The highest BCUT2D eigenvalue weighted by Gasteiger charge is 2.24. The van der Waals surface area contributed by atoms with Gasteiger partial charge in [0.25, 0.3) is 0 Å². The molecule has 1 unspecified atom stereocenters. The van der Waals surface area contributed by atoms with Crippen LogP contribution in [0.1, 0.15) is 32.8 Å². The Bertz CT molecular complexity index is 595. The standard InChI is InChI=1S/C18H23NO5/c1-6-7-15(19-17(21)24-18(2,3)4)16(20)23-12-13-8-10-14(22-5)11-9-13/h1,8-11,15H,7,12H2,2-5H3,(H,19,21). The molecule has 0 aromatic heterocycles. The molecular weight excluding hydrogens is 310 g/mol. The van der Waals surface area contributed by atoms with Gasteiger partial charge in [0, 0.05) is 6.42 Å². The number of ether oxygens (including phenoxy) is 3. The molecule has 130 valence electrons. The van der Waals surface area contributed by atoms with Crippen molar-refractivity contribution in [3.05, 3.63) is 29.8 Å². The van der Waals surface area contributed by atoms with E-state index in [0.29, 0.717) is 5.75 Å². The van der Waals surface area contributed by atoms with Crippen molar-refractivity contribution in [2.75, 3.05) is 7.11 Å². The van der Waals surface area contributed by atoms with Gasteiger partial charge in [-0.15, -0.1) is 12.3 Å². The van der Waals surface area contributed by atoms with E-state index in [0.717, 1.165) is 5.56 Å². The Hall–Kier alpha value is -2.68. The van der Waals surface area contributed by atoms with E-state index in [9.17, 15) is 9.59 Å².